The number of hydrogen-bond donors (Lipinski definition) is 1. The zero-order chi connectivity index (χ0) is 32.0. The molecule has 0 saturated heterocycles. The lowest BCUT2D eigenvalue weighted by Crippen LogP contribution is -2.21. The Labute approximate surface area is 271 Å². The van der Waals surface area contributed by atoms with Crippen molar-refractivity contribution in [2.45, 2.75) is 214 Å². The second-order valence-corrected chi connectivity index (χ2v) is 15.2. The number of nitrogens with zero attached hydrogens (tertiary/aromatic N) is 1. The molecule has 0 unspecified atom stereocenters. The number of rotatable bonds is 33. The number of Topliss-reactive ketones (excluding diaryl/α,β-unsaturated/α-hetero) is 1. The fourth-order valence-electron chi connectivity index (χ4n) is 6.42. The van der Waals surface area contributed by atoms with Crippen molar-refractivity contribution in [2.75, 3.05) is 13.1 Å². The van der Waals surface area contributed by atoms with E-state index in [1.54, 1.807) is 0 Å². The maximum Gasteiger partial charge on any atom is 0.133 e. The van der Waals surface area contributed by atoms with E-state index < -0.39 is 0 Å². The van der Waals surface area contributed by atoms with Crippen LogP contribution in [-0.2, 0) is 4.79 Å². The highest BCUT2D eigenvalue weighted by Gasteiger charge is 2.15. The molecule has 0 rings (SSSR count). The number of allylic oxidation sites excluding steroid dienone is 1. The molecule has 0 spiro atoms. The van der Waals surface area contributed by atoms with E-state index in [2.05, 4.69) is 41.2 Å². The molecule has 0 aliphatic rings. The Morgan fingerprint density at radius 2 is 1.00 bits per heavy atom. The first-order valence-corrected chi connectivity index (χ1v) is 19.3. The molecule has 0 aliphatic carbocycles. The first kappa shape index (κ1) is 42.3. The lowest BCUT2D eigenvalue weighted by atomic mass is 9.87. The molecule has 43 heavy (non-hydrogen) atoms. The summed E-state index contributed by atoms with van der Waals surface area (Å²) < 4.78 is 0. The molecule has 1 N–H and O–H groups in total. The zero-order valence-corrected chi connectivity index (χ0v) is 30.3. The standard InChI is InChI=1S/C40H79NO2/c1-7-9-11-13-18-24-30-38(31-25-19-14-12-10-8-2)35-37(3)29-23-17-15-21-27-33-41(43)34-28-22-16-20-26-32-39(42)36-40(4,5)6/h38,43H,3,7-36H2,1-2,4-6H3. The topological polar surface area (TPSA) is 40.5 Å². The third-order valence-corrected chi connectivity index (χ3v) is 9.06. The smallest absolute Gasteiger partial charge is 0.133 e. The summed E-state index contributed by atoms with van der Waals surface area (Å²) in [5, 5.41) is 11.7. The van der Waals surface area contributed by atoms with Crippen molar-refractivity contribution in [1.29, 1.82) is 0 Å². The molecule has 3 heteroatoms. The van der Waals surface area contributed by atoms with Crippen molar-refractivity contribution in [3.8, 4) is 0 Å². The molecule has 0 aromatic rings. The van der Waals surface area contributed by atoms with Crippen molar-refractivity contribution in [3.05, 3.63) is 12.2 Å². The van der Waals surface area contributed by atoms with Crippen LogP contribution in [0.4, 0.5) is 0 Å². The molecule has 0 saturated carbocycles. The summed E-state index contributed by atoms with van der Waals surface area (Å²) in [6.45, 7) is 17.1. The van der Waals surface area contributed by atoms with Gasteiger partial charge in [0.05, 0.1) is 0 Å². The van der Waals surface area contributed by atoms with Crippen LogP contribution in [0.3, 0.4) is 0 Å². The monoisotopic (exact) mass is 606 g/mol. The van der Waals surface area contributed by atoms with Crippen LogP contribution in [0, 0.1) is 11.3 Å². The third kappa shape index (κ3) is 32.5. The van der Waals surface area contributed by atoms with E-state index >= 15 is 0 Å². The number of ketones is 1. The number of hydrogen-bond acceptors (Lipinski definition) is 3. The molecule has 0 fully saturated rings. The summed E-state index contributed by atoms with van der Waals surface area (Å²) in [5.74, 6) is 1.27. The lowest BCUT2D eigenvalue weighted by molar-refractivity contribution is -0.120. The van der Waals surface area contributed by atoms with Crippen molar-refractivity contribution >= 4 is 5.78 Å². The van der Waals surface area contributed by atoms with Gasteiger partial charge in [0.2, 0.25) is 0 Å². The Bertz CT molecular complexity index is 606. The third-order valence-electron chi connectivity index (χ3n) is 9.06. The highest BCUT2D eigenvalue weighted by atomic mass is 16.5. The van der Waals surface area contributed by atoms with Crippen LogP contribution < -0.4 is 0 Å². The van der Waals surface area contributed by atoms with Crippen LogP contribution >= 0.6 is 0 Å². The first-order chi connectivity index (χ1) is 20.7. The number of hydroxylamine groups is 2. The second-order valence-electron chi connectivity index (χ2n) is 15.2. The highest BCUT2D eigenvalue weighted by Crippen LogP contribution is 2.27. The number of carbonyl (C=O) groups is 1. The van der Waals surface area contributed by atoms with Gasteiger partial charge in [-0.15, -0.1) is 0 Å². The van der Waals surface area contributed by atoms with E-state index in [0.29, 0.717) is 12.2 Å². The van der Waals surface area contributed by atoms with Gasteiger partial charge in [-0.2, -0.15) is 5.06 Å². The van der Waals surface area contributed by atoms with Crippen molar-refractivity contribution in [1.82, 2.24) is 5.06 Å². The Hall–Kier alpha value is -0.670. The fourth-order valence-corrected chi connectivity index (χ4v) is 6.42. The zero-order valence-electron chi connectivity index (χ0n) is 30.3. The Balaban J connectivity index is 3.86. The van der Waals surface area contributed by atoms with Crippen LogP contribution in [0.1, 0.15) is 214 Å². The predicted octanol–water partition coefficient (Wildman–Crippen LogP) is 13.4. The summed E-state index contributed by atoms with van der Waals surface area (Å²) in [5.41, 5.74) is 1.61. The Morgan fingerprint density at radius 3 is 1.47 bits per heavy atom. The first-order valence-electron chi connectivity index (χ1n) is 19.3. The Kier molecular flexibility index (Phi) is 29.5. The van der Waals surface area contributed by atoms with Crippen molar-refractivity contribution in [2.24, 2.45) is 11.3 Å². The largest absolute Gasteiger partial charge is 0.314 e. The molecule has 0 radical (unpaired) electrons. The lowest BCUT2D eigenvalue weighted by Gasteiger charge is -2.19. The quantitative estimate of drug-likeness (QED) is 0.0459. The van der Waals surface area contributed by atoms with Gasteiger partial charge >= 0.3 is 0 Å². The van der Waals surface area contributed by atoms with Crippen LogP contribution in [0.15, 0.2) is 12.2 Å². The second kappa shape index (κ2) is 30.0. The van der Waals surface area contributed by atoms with E-state index in [9.17, 15) is 10.0 Å². The van der Waals surface area contributed by atoms with Crippen LogP contribution in [-0.4, -0.2) is 29.1 Å². The average Bonchev–Trinajstić information content (AvgIpc) is 2.94. The van der Waals surface area contributed by atoms with E-state index in [1.807, 2.05) is 0 Å². The minimum atomic E-state index is 0.111. The molecular formula is C40H79NO2. The van der Waals surface area contributed by atoms with Gasteiger partial charge in [0.15, 0.2) is 0 Å². The van der Waals surface area contributed by atoms with Crippen molar-refractivity contribution < 1.29 is 10.0 Å². The number of unbranched alkanes of at least 4 members (excludes halogenated alkanes) is 18. The summed E-state index contributed by atoms with van der Waals surface area (Å²) >= 11 is 0. The molecule has 3 nitrogen and oxygen atoms in total. The van der Waals surface area contributed by atoms with Crippen molar-refractivity contribution in [3.63, 3.8) is 0 Å². The fraction of sp³-hybridized carbons (Fsp3) is 0.925. The summed E-state index contributed by atoms with van der Waals surface area (Å²) in [6, 6.07) is 0. The molecule has 0 amide bonds. The molecule has 0 aromatic heterocycles. The van der Waals surface area contributed by atoms with E-state index in [-0.39, 0.29) is 5.41 Å². The van der Waals surface area contributed by atoms with Gasteiger partial charge < -0.3 is 5.21 Å². The highest BCUT2D eigenvalue weighted by molar-refractivity contribution is 5.78. The molecule has 256 valence electrons. The van der Waals surface area contributed by atoms with E-state index in [1.165, 1.54) is 145 Å². The molecule has 0 atom stereocenters. The summed E-state index contributed by atoms with van der Waals surface area (Å²) in [6.07, 6.45) is 35.2. The molecular weight excluding hydrogens is 526 g/mol. The van der Waals surface area contributed by atoms with Gasteiger partial charge in [0.25, 0.3) is 0 Å². The minimum absolute atomic E-state index is 0.111. The van der Waals surface area contributed by atoms with E-state index in [4.69, 9.17) is 0 Å². The molecule has 0 aromatic carbocycles. The summed E-state index contributed by atoms with van der Waals surface area (Å²) in [4.78, 5) is 12.0. The van der Waals surface area contributed by atoms with Crippen LogP contribution in [0.25, 0.3) is 0 Å². The predicted molar refractivity (Wildman–Crippen MR) is 191 cm³/mol. The molecule has 0 aliphatic heterocycles. The van der Waals surface area contributed by atoms with Gasteiger partial charge in [0.1, 0.15) is 5.78 Å². The van der Waals surface area contributed by atoms with Gasteiger partial charge in [-0.05, 0) is 49.9 Å². The molecule has 0 heterocycles. The maximum atomic E-state index is 12.0. The molecule has 0 bridgehead atoms. The van der Waals surface area contributed by atoms with E-state index in [0.717, 1.165) is 57.5 Å². The Morgan fingerprint density at radius 1 is 0.605 bits per heavy atom. The summed E-state index contributed by atoms with van der Waals surface area (Å²) in [7, 11) is 0. The van der Waals surface area contributed by atoms with Gasteiger partial charge in [-0.25, -0.2) is 0 Å². The van der Waals surface area contributed by atoms with Crippen LogP contribution in [0.2, 0.25) is 0 Å². The van der Waals surface area contributed by atoms with Crippen LogP contribution in [0.5, 0.6) is 0 Å². The average molecular weight is 606 g/mol. The number of carbonyl (C=O) groups excluding carboxylic acids is 1. The maximum absolute atomic E-state index is 12.0. The van der Waals surface area contributed by atoms with Gasteiger partial charge in [0, 0.05) is 25.9 Å². The van der Waals surface area contributed by atoms with Gasteiger partial charge in [-0.1, -0.05) is 175 Å². The minimum Gasteiger partial charge on any atom is -0.314 e. The van der Waals surface area contributed by atoms with Gasteiger partial charge in [-0.3, -0.25) is 4.79 Å². The normalized spacial score (nSPS) is 12.1. The SMILES string of the molecule is C=C(CCCCCCCN(O)CCCCCCCC(=O)CC(C)(C)C)CC(CCCCCCCC)CCCCCCCC.